The van der Waals surface area contributed by atoms with E-state index >= 15 is 0 Å². The number of fused-ring (bicyclic) bond motifs is 3. The average molecular weight is 591 g/mol. The molecule has 3 N–H and O–H groups in total. The number of ether oxygens (including phenoxy) is 2. The van der Waals surface area contributed by atoms with Crippen molar-refractivity contribution in [1.82, 2.24) is 15.3 Å². The molecule has 2 atom stereocenters. The molecule has 222 valence electrons. The van der Waals surface area contributed by atoms with Gasteiger partial charge in [-0.25, -0.2) is 14.8 Å². The van der Waals surface area contributed by atoms with E-state index in [0.717, 1.165) is 48.7 Å². The van der Waals surface area contributed by atoms with Gasteiger partial charge in [0.15, 0.2) is 8.32 Å². The fourth-order valence-corrected chi connectivity index (χ4v) is 7.84. The molecule has 2 amide bonds. The number of nitrogens with zero attached hydrogens (tertiary/aromatic N) is 2. The molecule has 1 saturated carbocycles. The van der Waals surface area contributed by atoms with Crippen molar-refractivity contribution in [2.45, 2.75) is 134 Å². The summed E-state index contributed by atoms with van der Waals surface area (Å²) in [4.78, 5) is 36.0. The summed E-state index contributed by atoms with van der Waals surface area (Å²) in [6, 6.07) is 0.0709. The van der Waals surface area contributed by atoms with Crippen LogP contribution < -0.4 is 15.8 Å². The highest BCUT2D eigenvalue weighted by Crippen LogP contribution is 2.48. The Morgan fingerprint density at radius 1 is 1.10 bits per heavy atom. The van der Waals surface area contributed by atoms with Gasteiger partial charge in [-0.1, -0.05) is 20.8 Å². The van der Waals surface area contributed by atoms with Gasteiger partial charge in [0, 0.05) is 10.9 Å². The molecule has 0 bridgehead atoms. The van der Waals surface area contributed by atoms with Gasteiger partial charge in [-0.2, -0.15) is 0 Å². The lowest BCUT2D eigenvalue weighted by atomic mass is 9.92. The van der Waals surface area contributed by atoms with Crippen molar-refractivity contribution < 1.29 is 23.5 Å². The van der Waals surface area contributed by atoms with Gasteiger partial charge in [0.05, 0.1) is 5.39 Å². The normalized spacial score (nSPS) is 22.6. The number of nitrogens with two attached hydrogens (primary N) is 1. The standard InChI is InChI=1S/C29H46N4O5SSi/c1-28(2,3)37-27(35)33-18-10-12-19(13-11-18)36-25-23-22-17(9-14-21(22)39-26(23)32-16-31-25)15-20(24(30)34)38-40(7,8)29(4,5)6/h16-20H,9-15H2,1-8H3,(H2,30,34)(H,33,35)/t17-,18?,19?,20-/m1/s1. The molecule has 0 radical (unpaired) electrons. The lowest BCUT2D eigenvalue weighted by Crippen LogP contribution is -2.48. The minimum absolute atomic E-state index is 0.00507. The summed E-state index contributed by atoms with van der Waals surface area (Å²) in [5.74, 6) is 0.342. The molecule has 11 heteroatoms. The van der Waals surface area contributed by atoms with Crippen molar-refractivity contribution in [3.05, 3.63) is 16.8 Å². The predicted molar refractivity (Wildman–Crippen MR) is 160 cm³/mol. The molecule has 0 saturated heterocycles. The molecule has 2 aromatic rings. The second-order valence-electron chi connectivity index (χ2n) is 13.8. The molecule has 2 aromatic heterocycles. The lowest BCUT2D eigenvalue weighted by molar-refractivity contribution is -0.125. The van der Waals surface area contributed by atoms with E-state index in [1.54, 1.807) is 17.7 Å². The summed E-state index contributed by atoms with van der Waals surface area (Å²) in [6.45, 7) is 16.4. The minimum Gasteiger partial charge on any atom is -0.474 e. The highest BCUT2D eigenvalue weighted by Gasteiger charge is 2.42. The molecular formula is C29H46N4O5SSi. The third kappa shape index (κ3) is 7.14. The van der Waals surface area contributed by atoms with Crippen LogP contribution in [-0.2, 0) is 20.4 Å². The first kappa shape index (κ1) is 30.7. The van der Waals surface area contributed by atoms with E-state index in [-0.39, 0.29) is 29.2 Å². The number of primary amides is 1. The van der Waals surface area contributed by atoms with Crippen molar-refractivity contribution >= 4 is 41.9 Å². The van der Waals surface area contributed by atoms with E-state index in [0.29, 0.717) is 12.3 Å². The number of amides is 2. The van der Waals surface area contributed by atoms with E-state index in [1.807, 2.05) is 20.8 Å². The minimum atomic E-state index is -2.18. The van der Waals surface area contributed by atoms with Crippen LogP contribution in [0.4, 0.5) is 4.79 Å². The smallest absolute Gasteiger partial charge is 0.407 e. The first-order valence-corrected chi connectivity index (χ1v) is 18.2. The Labute approximate surface area is 243 Å². The molecule has 1 fully saturated rings. The van der Waals surface area contributed by atoms with Gasteiger partial charge in [-0.05, 0) is 95.3 Å². The van der Waals surface area contributed by atoms with Gasteiger partial charge in [0.25, 0.3) is 0 Å². The van der Waals surface area contributed by atoms with Crippen molar-refractivity contribution in [2.24, 2.45) is 5.73 Å². The van der Waals surface area contributed by atoms with Gasteiger partial charge >= 0.3 is 6.09 Å². The second-order valence-corrected chi connectivity index (χ2v) is 19.6. The molecule has 2 heterocycles. The Morgan fingerprint density at radius 3 is 2.38 bits per heavy atom. The van der Waals surface area contributed by atoms with E-state index in [9.17, 15) is 9.59 Å². The van der Waals surface area contributed by atoms with Crippen molar-refractivity contribution in [3.8, 4) is 5.88 Å². The lowest BCUT2D eigenvalue weighted by Gasteiger charge is -2.39. The summed E-state index contributed by atoms with van der Waals surface area (Å²) >= 11 is 1.69. The molecule has 9 nitrogen and oxygen atoms in total. The molecule has 2 aliphatic carbocycles. The van der Waals surface area contributed by atoms with E-state index in [1.165, 1.54) is 10.4 Å². The Morgan fingerprint density at radius 2 is 1.77 bits per heavy atom. The van der Waals surface area contributed by atoms with Crippen LogP contribution in [0.2, 0.25) is 18.1 Å². The van der Waals surface area contributed by atoms with Crippen LogP contribution in [0.15, 0.2) is 6.33 Å². The Balaban J connectivity index is 1.47. The monoisotopic (exact) mass is 590 g/mol. The Hall–Kier alpha value is -2.24. The fraction of sp³-hybridized carbons (Fsp3) is 0.724. The molecule has 40 heavy (non-hydrogen) atoms. The summed E-state index contributed by atoms with van der Waals surface area (Å²) in [5.41, 5.74) is 6.55. The van der Waals surface area contributed by atoms with Gasteiger partial charge < -0.3 is 25.0 Å². The topological polar surface area (TPSA) is 126 Å². The van der Waals surface area contributed by atoms with E-state index in [2.05, 4.69) is 49.1 Å². The zero-order valence-corrected chi connectivity index (χ0v) is 27.1. The number of carbonyl (C=O) groups excluding carboxylic acids is 2. The molecule has 0 unspecified atom stereocenters. The van der Waals surface area contributed by atoms with Crippen LogP contribution in [0.25, 0.3) is 10.2 Å². The summed E-state index contributed by atoms with van der Waals surface area (Å²) < 4.78 is 18.4. The van der Waals surface area contributed by atoms with E-state index < -0.39 is 25.9 Å². The number of alkyl carbamates (subject to hydrolysis) is 1. The maximum absolute atomic E-state index is 12.5. The molecule has 4 rings (SSSR count). The quantitative estimate of drug-likeness (QED) is 0.351. The van der Waals surface area contributed by atoms with Gasteiger partial charge in [0.1, 0.15) is 29.0 Å². The number of hydrogen-bond donors (Lipinski definition) is 2. The number of aryl methyl sites for hydroxylation is 1. The highest BCUT2D eigenvalue weighted by atomic mass is 32.1. The SMILES string of the molecule is CC(C)(C)OC(=O)NC1CCC(Oc2ncnc3sc4c(c23)[C@@H](C[C@@H](O[Si](C)(C)C(C)(C)C)C(N)=O)CC4)CC1. The van der Waals surface area contributed by atoms with Gasteiger partial charge in [0.2, 0.25) is 11.8 Å². The number of carbonyl (C=O) groups is 2. The van der Waals surface area contributed by atoms with Crippen LogP contribution in [0.3, 0.4) is 0 Å². The van der Waals surface area contributed by atoms with Crippen molar-refractivity contribution in [1.29, 1.82) is 0 Å². The maximum Gasteiger partial charge on any atom is 0.407 e. The van der Waals surface area contributed by atoms with Gasteiger partial charge in [-0.15, -0.1) is 11.3 Å². The largest absolute Gasteiger partial charge is 0.474 e. The zero-order chi connectivity index (χ0) is 29.5. The second kappa shape index (κ2) is 11.6. The summed E-state index contributed by atoms with van der Waals surface area (Å²) in [6.07, 6.45) is 6.25. The Bertz CT molecular complexity index is 1230. The summed E-state index contributed by atoms with van der Waals surface area (Å²) in [7, 11) is -2.18. The van der Waals surface area contributed by atoms with Crippen LogP contribution in [-0.4, -0.2) is 54.1 Å². The molecule has 0 spiro atoms. The highest BCUT2D eigenvalue weighted by molar-refractivity contribution is 7.19. The summed E-state index contributed by atoms with van der Waals surface area (Å²) in [5, 5.41) is 3.94. The number of rotatable bonds is 8. The maximum atomic E-state index is 12.5. The van der Waals surface area contributed by atoms with Crippen LogP contribution in [0, 0.1) is 0 Å². The van der Waals surface area contributed by atoms with E-state index in [4.69, 9.17) is 19.6 Å². The number of aromatic nitrogens is 2. The number of nitrogens with one attached hydrogen (secondary N) is 1. The van der Waals surface area contributed by atoms with Gasteiger partial charge in [-0.3, -0.25) is 4.79 Å². The molecule has 2 aliphatic rings. The van der Waals surface area contributed by atoms with Crippen LogP contribution >= 0.6 is 11.3 Å². The predicted octanol–water partition coefficient (Wildman–Crippen LogP) is 6.20. The Kier molecular flexibility index (Phi) is 8.88. The molecule has 0 aromatic carbocycles. The van der Waals surface area contributed by atoms with Crippen molar-refractivity contribution in [3.63, 3.8) is 0 Å². The number of thiophene rings is 1. The first-order chi connectivity index (χ1) is 18.5. The third-order valence-corrected chi connectivity index (χ3v) is 14.1. The van der Waals surface area contributed by atoms with Crippen LogP contribution in [0.5, 0.6) is 5.88 Å². The van der Waals surface area contributed by atoms with Crippen LogP contribution in [0.1, 0.15) is 96.4 Å². The molecule has 0 aliphatic heterocycles. The molecular weight excluding hydrogens is 544 g/mol. The zero-order valence-electron chi connectivity index (χ0n) is 25.3. The van der Waals surface area contributed by atoms with Crippen molar-refractivity contribution in [2.75, 3.05) is 0 Å². The fourth-order valence-electron chi connectivity index (χ4n) is 5.34. The first-order valence-electron chi connectivity index (χ1n) is 14.4. The average Bonchev–Trinajstić information content (AvgIpc) is 3.37. The third-order valence-electron chi connectivity index (χ3n) is 8.43. The number of hydrogen-bond acceptors (Lipinski definition) is 8.